The molecule has 1 amide bonds. The fourth-order valence-corrected chi connectivity index (χ4v) is 6.77. The van der Waals surface area contributed by atoms with Gasteiger partial charge in [-0.2, -0.15) is 0 Å². The van der Waals surface area contributed by atoms with Crippen LogP contribution in [-0.4, -0.2) is 47.8 Å². The summed E-state index contributed by atoms with van der Waals surface area (Å²) in [6.07, 6.45) is 38.4. The summed E-state index contributed by atoms with van der Waals surface area (Å²) >= 11 is 0. The second-order valence-corrected chi connectivity index (χ2v) is 15.3. The fraction of sp³-hybridized carbons (Fsp3) is 0.923. The van der Waals surface area contributed by atoms with Crippen molar-refractivity contribution < 1.29 is 28.4 Å². The molecular weight excluding hydrogens is 623 g/mol. The number of hydrogen-bond donors (Lipinski definition) is 4. The van der Waals surface area contributed by atoms with Crippen LogP contribution in [0.5, 0.6) is 0 Å². The number of phosphoric ester groups is 1. The normalized spacial score (nSPS) is 14.4. The monoisotopic (exact) mass is 703 g/mol. The third-order valence-electron chi connectivity index (χ3n) is 9.11. The number of carbonyl (C=O) groups excluding carboxylic acids is 1. The predicted molar refractivity (Wildman–Crippen MR) is 203 cm³/mol. The molecule has 0 aliphatic heterocycles. The Morgan fingerprint density at radius 1 is 0.667 bits per heavy atom. The number of phosphoric acid groups is 1. The van der Waals surface area contributed by atoms with Gasteiger partial charge >= 0.3 is 7.82 Å². The Balaban J connectivity index is 4.15. The lowest BCUT2D eigenvalue weighted by Gasteiger charge is -2.23. The molecule has 0 saturated carbocycles. The van der Waals surface area contributed by atoms with E-state index in [0.717, 1.165) is 38.5 Å². The first-order chi connectivity index (χ1) is 23.4. The molecule has 0 aromatic heterocycles. The van der Waals surface area contributed by atoms with E-state index < -0.39 is 20.0 Å². The minimum Gasteiger partial charge on any atom is -0.387 e. The van der Waals surface area contributed by atoms with Crippen molar-refractivity contribution in [1.82, 2.24) is 5.32 Å². The minimum absolute atomic E-state index is 0.0810. The number of nitrogens with one attached hydrogen (secondary N) is 1. The molecule has 0 spiro atoms. The van der Waals surface area contributed by atoms with E-state index in [1.807, 2.05) is 6.08 Å². The lowest BCUT2D eigenvalue weighted by molar-refractivity contribution is -0.123. The average Bonchev–Trinajstić information content (AvgIpc) is 3.07. The topological polar surface area (TPSA) is 131 Å². The van der Waals surface area contributed by atoms with Gasteiger partial charge in [-0.3, -0.25) is 13.8 Å². The number of nitrogens with two attached hydrogens (primary N) is 1. The molecule has 8 nitrogen and oxygen atoms in total. The lowest BCUT2D eigenvalue weighted by atomic mass is 10.0. The second kappa shape index (κ2) is 36.0. The van der Waals surface area contributed by atoms with E-state index in [4.69, 9.17) is 14.8 Å². The molecule has 0 aromatic carbocycles. The van der Waals surface area contributed by atoms with Crippen molar-refractivity contribution in [3.05, 3.63) is 12.2 Å². The van der Waals surface area contributed by atoms with Crippen LogP contribution in [0.3, 0.4) is 0 Å². The Morgan fingerprint density at radius 2 is 1.06 bits per heavy atom. The van der Waals surface area contributed by atoms with E-state index >= 15 is 0 Å². The van der Waals surface area contributed by atoms with E-state index in [9.17, 15) is 19.4 Å². The zero-order chi connectivity index (χ0) is 35.4. The van der Waals surface area contributed by atoms with E-state index in [-0.39, 0.29) is 25.7 Å². The highest BCUT2D eigenvalue weighted by molar-refractivity contribution is 7.47. The zero-order valence-electron chi connectivity index (χ0n) is 31.5. The predicted octanol–water partition coefficient (Wildman–Crippen LogP) is 10.8. The summed E-state index contributed by atoms with van der Waals surface area (Å²) in [5, 5.41) is 13.6. The van der Waals surface area contributed by atoms with Gasteiger partial charge < -0.3 is 21.1 Å². The van der Waals surface area contributed by atoms with Crippen LogP contribution < -0.4 is 11.1 Å². The molecule has 9 heteroatoms. The summed E-state index contributed by atoms with van der Waals surface area (Å²) in [6.45, 7) is 4.12. The number of hydrogen-bond acceptors (Lipinski definition) is 6. The number of amides is 1. The first kappa shape index (κ1) is 47.2. The lowest BCUT2D eigenvalue weighted by Crippen LogP contribution is -2.45. The third-order valence-corrected chi connectivity index (χ3v) is 10.1. The Labute approximate surface area is 296 Å². The molecule has 0 fully saturated rings. The zero-order valence-corrected chi connectivity index (χ0v) is 32.4. The summed E-state index contributed by atoms with van der Waals surface area (Å²) in [6, 6.07) is -0.852. The first-order valence-corrected chi connectivity index (χ1v) is 21.8. The van der Waals surface area contributed by atoms with Gasteiger partial charge in [0.2, 0.25) is 5.91 Å². The number of aliphatic hydroxyl groups is 1. The number of carbonyl (C=O) groups is 1. The Morgan fingerprint density at radius 3 is 1.48 bits per heavy atom. The van der Waals surface area contributed by atoms with Gasteiger partial charge in [-0.25, -0.2) is 4.57 Å². The molecule has 0 bridgehead atoms. The summed E-state index contributed by atoms with van der Waals surface area (Å²) in [5.74, 6) is -0.196. The van der Waals surface area contributed by atoms with Crippen LogP contribution in [0.1, 0.15) is 200 Å². The molecule has 5 N–H and O–H groups in total. The van der Waals surface area contributed by atoms with Crippen LogP contribution in [-0.2, 0) is 18.4 Å². The van der Waals surface area contributed by atoms with Crippen LogP contribution >= 0.6 is 7.82 Å². The number of allylic oxidation sites excluding steroid dienone is 1. The van der Waals surface area contributed by atoms with E-state index in [1.54, 1.807) is 6.08 Å². The molecule has 0 radical (unpaired) electrons. The molecular formula is C39H79N2O6P. The van der Waals surface area contributed by atoms with Gasteiger partial charge in [0, 0.05) is 13.0 Å². The third kappa shape index (κ3) is 33.7. The Kier molecular flexibility index (Phi) is 35.5. The van der Waals surface area contributed by atoms with Crippen molar-refractivity contribution in [3.8, 4) is 0 Å². The molecule has 286 valence electrons. The largest absolute Gasteiger partial charge is 0.472 e. The maximum Gasteiger partial charge on any atom is 0.472 e. The highest BCUT2D eigenvalue weighted by Gasteiger charge is 2.26. The standard InChI is InChI=1S/C39H79N2O6P/c1-3-5-7-9-11-13-14-15-16-17-18-19-20-21-22-23-25-26-28-30-32-38(42)37(36-47-48(44,45)46-35-34-40)41-39(43)33-31-29-27-24-12-10-8-6-4-2/h30,32,37-38,42H,3-29,31,33-36,40H2,1-2H3,(H,41,43)(H,44,45)/b32-30+. The van der Waals surface area contributed by atoms with Crippen molar-refractivity contribution in [2.75, 3.05) is 19.8 Å². The molecule has 0 rings (SSSR count). The van der Waals surface area contributed by atoms with Crippen LogP contribution in [0.25, 0.3) is 0 Å². The maximum absolute atomic E-state index is 12.6. The molecule has 0 aromatic rings. The number of unbranched alkanes of at least 4 members (excludes halogenated alkanes) is 26. The van der Waals surface area contributed by atoms with Crippen LogP contribution in [0, 0.1) is 0 Å². The Hall–Kier alpha value is -0.760. The smallest absolute Gasteiger partial charge is 0.387 e. The molecule has 0 aliphatic rings. The SMILES string of the molecule is CCCCCCCCCCCCCCCCCCCC/C=C/C(O)C(COP(=O)(O)OCCN)NC(=O)CCCCCCCCCCC. The van der Waals surface area contributed by atoms with Crippen molar-refractivity contribution in [2.45, 2.75) is 212 Å². The summed E-state index contributed by atoms with van der Waals surface area (Å²) < 4.78 is 22.0. The molecule has 0 heterocycles. The number of rotatable bonds is 38. The quantitative estimate of drug-likeness (QED) is 0.0286. The second-order valence-electron chi connectivity index (χ2n) is 13.9. The maximum atomic E-state index is 12.6. The van der Waals surface area contributed by atoms with Gasteiger partial charge in [-0.1, -0.05) is 187 Å². The van der Waals surface area contributed by atoms with Crippen molar-refractivity contribution in [2.24, 2.45) is 5.73 Å². The van der Waals surface area contributed by atoms with Gasteiger partial charge in [0.15, 0.2) is 0 Å². The van der Waals surface area contributed by atoms with Gasteiger partial charge in [-0.15, -0.1) is 0 Å². The number of aliphatic hydroxyl groups excluding tert-OH is 1. The van der Waals surface area contributed by atoms with Crippen molar-refractivity contribution in [1.29, 1.82) is 0 Å². The van der Waals surface area contributed by atoms with E-state index in [1.165, 1.54) is 141 Å². The molecule has 0 saturated heterocycles. The highest BCUT2D eigenvalue weighted by atomic mass is 31.2. The summed E-state index contributed by atoms with van der Waals surface area (Å²) in [4.78, 5) is 22.5. The van der Waals surface area contributed by atoms with Crippen molar-refractivity contribution >= 4 is 13.7 Å². The highest BCUT2D eigenvalue weighted by Crippen LogP contribution is 2.43. The average molecular weight is 703 g/mol. The van der Waals surface area contributed by atoms with Gasteiger partial charge in [0.1, 0.15) is 0 Å². The van der Waals surface area contributed by atoms with Crippen LogP contribution in [0.15, 0.2) is 12.2 Å². The molecule has 3 unspecified atom stereocenters. The Bertz CT molecular complexity index is 769. The summed E-state index contributed by atoms with van der Waals surface area (Å²) in [5.41, 5.74) is 5.35. The van der Waals surface area contributed by atoms with Gasteiger partial charge in [0.05, 0.1) is 25.4 Å². The molecule has 48 heavy (non-hydrogen) atoms. The molecule has 0 aliphatic carbocycles. The van der Waals surface area contributed by atoms with E-state index in [2.05, 4.69) is 19.2 Å². The molecule has 3 atom stereocenters. The fourth-order valence-electron chi connectivity index (χ4n) is 6.01. The van der Waals surface area contributed by atoms with E-state index in [0.29, 0.717) is 6.42 Å². The van der Waals surface area contributed by atoms with Gasteiger partial charge in [0.25, 0.3) is 0 Å². The van der Waals surface area contributed by atoms with Crippen LogP contribution in [0.4, 0.5) is 0 Å². The van der Waals surface area contributed by atoms with Gasteiger partial charge in [-0.05, 0) is 19.3 Å². The van der Waals surface area contributed by atoms with Crippen LogP contribution in [0.2, 0.25) is 0 Å². The first-order valence-electron chi connectivity index (χ1n) is 20.3. The minimum atomic E-state index is -4.33. The summed E-state index contributed by atoms with van der Waals surface area (Å²) in [7, 11) is -4.33. The van der Waals surface area contributed by atoms with Crippen molar-refractivity contribution in [3.63, 3.8) is 0 Å².